The minimum Gasteiger partial charge on any atom is -0.339 e. The molecule has 0 radical (unpaired) electrons. The van der Waals surface area contributed by atoms with Gasteiger partial charge in [-0.25, -0.2) is 0 Å². The van der Waals surface area contributed by atoms with E-state index in [1.54, 1.807) is 0 Å². The Hall–Kier alpha value is -1.68. The molecule has 0 aliphatic rings. The van der Waals surface area contributed by atoms with Gasteiger partial charge in [-0.3, -0.25) is 0 Å². The van der Waals surface area contributed by atoms with Gasteiger partial charge in [0.1, 0.15) is 0 Å². The quantitative estimate of drug-likeness (QED) is 0.834. The van der Waals surface area contributed by atoms with Crippen molar-refractivity contribution in [1.29, 1.82) is 0 Å². The Morgan fingerprint density at radius 1 is 1.19 bits per heavy atom. The minimum absolute atomic E-state index is 0.131. The lowest BCUT2D eigenvalue weighted by molar-refractivity contribution is 0.326. The van der Waals surface area contributed by atoms with Crippen molar-refractivity contribution in [3.8, 4) is 0 Å². The SMILES string of the molecule is CCCC(N)c1noc(C(c2ccccc2)C(C)CC)n1. The van der Waals surface area contributed by atoms with Crippen LogP contribution in [0.3, 0.4) is 0 Å². The van der Waals surface area contributed by atoms with E-state index < -0.39 is 0 Å². The zero-order chi connectivity index (χ0) is 15.2. The molecule has 3 unspecified atom stereocenters. The molecule has 0 amide bonds. The summed E-state index contributed by atoms with van der Waals surface area (Å²) in [5.41, 5.74) is 7.30. The van der Waals surface area contributed by atoms with Gasteiger partial charge in [-0.2, -0.15) is 4.98 Å². The highest BCUT2D eigenvalue weighted by Gasteiger charge is 2.26. The Bertz CT molecular complexity index is 538. The van der Waals surface area contributed by atoms with Gasteiger partial charge in [-0.15, -0.1) is 0 Å². The second-order valence-electron chi connectivity index (χ2n) is 5.66. The fraction of sp³-hybridized carbons (Fsp3) is 0.529. The number of hydrogen-bond donors (Lipinski definition) is 1. The first kappa shape index (κ1) is 15.7. The second kappa shape index (κ2) is 7.36. The van der Waals surface area contributed by atoms with Crippen LogP contribution in [0.1, 0.15) is 69.3 Å². The molecule has 0 fully saturated rings. The van der Waals surface area contributed by atoms with E-state index in [9.17, 15) is 0 Å². The summed E-state index contributed by atoms with van der Waals surface area (Å²) >= 11 is 0. The van der Waals surface area contributed by atoms with Crippen molar-refractivity contribution in [2.75, 3.05) is 0 Å². The van der Waals surface area contributed by atoms with Gasteiger partial charge in [-0.05, 0) is 17.9 Å². The molecular formula is C17H25N3O. The number of aromatic nitrogens is 2. The van der Waals surface area contributed by atoms with Crippen LogP contribution in [0.5, 0.6) is 0 Å². The van der Waals surface area contributed by atoms with Crippen LogP contribution in [-0.2, 0) is 0 Å². The molecule has 0 aliphatic heterocycles. The maximum Gasteiger partial charge on any atom is 0.234 e. The molecule has 1 aromatic carbocycles. The molecular weight excluding hydrogens is 262 g/mol. The van der Waals surface area contributed by atoms with E-state index in [0.717, 1.165) is 19.3 Å². The molecule has 4 nitrogen and oxygen atoms in total. The van der Waals surface area contributed by atoms with E-state index in [-0.39, 0.29) is 12.0 Å². The lowest BCUT2D eigenvalue weighted by atomic mass is 9.85. The van der Waals surface area contributed by atoms with E-state index in [4.69, 9.17) is 10.3 Å². The predicted octanol–water partition coefficient (Wildman–Crippen LogP) is 4.05. The maximum atomic E-state index is 6.08. The van der Waals surface area contributed by atoms with Gasteiger partial charge >= 0.3 is 0 Å². The third-order valence-electron chi connectivity index (χ3n) is 4.03. The van der Waals surface area contributed by atoms with Crippen molar-refractivity contribution in [2.45, 2.75) is 52.0 Å². The van der Waals surface area contributed by atoms with Crippen molar-refractivity contribution >= 4 is 0 Å². The highest BCUT2D eigenvalue weighted by molar-refractivity contribution is 5.25. The summed E-state index contributed by atoms with van der Waals surface area (Å²) in [6.07, 6.45) is 2.94. The standard InChI is InChI=1S/C17H25N3O/c1-4-9-14(18)16-19-17(21-20-16)15(12(3)5-2)13-10-7-6-8-11-13/h6-8,10-12,14-15H,4-5,9,18H2,1-3H3. The van der Waals surface area contributed by atoms with Gasteiger partial charge < -0.3 is 10.3 Å². The molecule has 4 heteroatoms. The molecule has 3 atom stereocenters. The van der Waals surface area contributed by atoms with Gasteiger partial charge in [0.05, 0.1) is 12.0 Å². The first-order valence-corrected chi connectivity index (χ1v) is 7.81. The van der Waals surface area contributed by atoms with Crippen LogP contribution in [0.4, 0.5) is 0 Å². The van der Waals surface area contributed by atoms with Crippen LogP contribution in [0.2, 0.25) is 0 Å². The zero-order valence-electron chi connectivity index (χ0n) is 13.1. The molecule has 0 saturated carbocycles. The first-order chi connectivity index (χ1) is 10.2. The van der Waals surface area contributed by atoms with Crippen LogP contribution in [0.15, 0.2) is 34.9 Å². The Morgan fingerprint density at radius 3 is 2.52 bits per heavy atom. The molecule has 0 spiro atoms. The van der Waals surface area contributed by atoms with Gasteiger partial charge in [0.2, 0.25) is 5.89 Å². The van der Waals surface area contributed by atoms with Crippen LogP contribution >= 0.6 is 0 Å². The van der Waals surface area contributed by atoms with E-state index in [0.29, 0.717) is 17.6 Å². The summed E-state index contributed by atoms with van der Waals surface area (Å²) in [6, 6.07) is 10.2. The first-order valence-electron chi connectivity index (χ1n) is 7.81. The fourth-order valence-corrected chi connectivity index (χ4v) is 2.57. The number of benzene rings is 1. The molecule has 1 heterocycles. The van der Waals surface area contributed by atoms with Crippen LogP contribution in [0, 0.1) is 5.92 Å². The molecule has 0 saturated heterocycles. The van der Waals surface area contributed by atoms with Crippen molar-refractivity contribution in [3.05, 3.63) is 47.6 Å². The van der Waals surface area contributed by atoms with Crippen LogP contribution < -0.4 is 5.73 Å². The zero-order valence-corrected chi connectivity index (χ0v) is 13.1. The van der Waals surface area contributed by atoms with E-state index in [1.807, 2.05) is 18.2 Å². The Kier molecular flexibility index (Phi) is 5.51. The van der Waals surface area contributed by atoms with Gasteiger partial charge in [0, 0.05) is 0 Å². The monoisotopic (exact) mass is 287 g/mol. The van der Waals surface area contributed by atoms with Crippen molar-refractivity contribution in [2.24, 2.45) is 11.7 Å². The summed E-state index contributed by atoms with van der Waals surface area (Å²) in [5.74, 6) is 1.86. The highest BCUT2D eigenvalue weighted by Crippen LogP contribution is 2.33. The summed E-state index contributed by atoms with van der Waals surface area (Å²) in [6.45, 7) is 6.50. The summed E-state index contributed by atoms with van der Waals surface area (Å²) in [4.78, 5) is 4.57. The number of nitrogens with zero attached hydrogens (tertiary/aromatic N) is 2. The fourth-order valence-electron chi connectivity index (χ4n) is 2.57. The summed E-state index contributed by atoms with van der Waals surface area (Å²) < 4.78 is 5.53. The average molecular weight is 287 g/mol. The lowest BCUT2D eigenvalue weighted by Gasteiger charge is -2.19. The Balaban J connectivity index is 2.30. The molecule has 0 bridgehead atoms. The summed E-state index contributed by atoms with van der Waals surface area (Å²) in [5, 5.41) is 4.09. The molecule has 2 rings (SSSR count). The van der Waals surface area contributed by atoms with E-state index in [2.05, 4.69) is 43.0 Å². The smallest absolute Gasteiger partial charge is 0.234 e. The number of rotatable bonds is 7. The molecule has 114 valence electrons. The highest BCUT2D eigenvalue weighted by atomic mass is 16.5. The number of nitrogens with two attached hydrogens (primary N) is 1. The van der Waals surface area contributed by atoms with E-state index >= 15 is 0 Å². The van der Waals surface area contributed by atoms with Crippen LogP contribution in [-0.4, -0.2) is 10.1 Å². The minimum atomic E-state index is -0.138. The third kappa shape index (κ3) is 3.70. The number of hydrogen-bond acceptors (Lipinski definition) is 4. The van der Waals surface area contributed by atoms with Crippen molar-refractivity contribution in [1.82, 2.24) is 10.1 Å². The largest absolute Gasteiger partial charge is 0.339 e. The molecule has 1 aromatic heterocycles. The Morgan fingerprint density at radius 2 is 1.90 bits per heavy atom. The molecule has 2 N–H and O–H groups in total. The van der Waals surface area contributed by atoms with Crippen molar-refractivity contribution in [3.63, 3.8) is 0 Å². The molecule has 0 aliphatic carbocycles. The predicted molar refractivity (Wildman–Crippen MR) is 83.9 cm³/mol. The summed E-state index contributed by atoms with van der Waals surface area (Å²) in [7, 11) is 0. The topological polar surface area (TPSA) is 64.9 Å². The average Bonchev–Trinajstić information content (AvgIpc) is 2.98. The lowest BCUT2D eigenvalue weighted by Crippen LogP contribution is -2.14. The second-order valence-corrected chi connectivity index (χ2v) is 5.66. The normalized spacial score (nSPS) is 15.6. The van der Waals surface area contributed by atoms with Crippen molar-refractivity contribution < 1.29 is 4.52 Å². The maximum absolute atomic E-state index is 6.08. The Labute approximate surface area is 126 Å². The van der Waals surface area contributed by atoms with Gasteiger partial charge in [0.25, 0.3) is 0 Å². The molecule has 21 heavy (non-hydrogen) atoms. The third-order valence-corrected chi connectivity index (χ3v) is 4.03. The van der Waals surface area contributed by atoms with Crippen LogP contribution in [0.25, 0.3) is 0 Å². The van der Waals surface area contributed by atoms with Gasteiger partial charge in [0.15, 0.2) is 5.82 Å². The van der Waals surface area contributed by atoms with E-state index in [1.165, 1.54) is 5.56 Å². The van der Waals surface area contributed by atoms with Gasteiger partial charge in [-0.1, -0.05) is 69.1 Å². The molecule has 2 aromatic rings.